The molecule has 0 spiro atoms. The van der Waals surface area contributed by atoms with Crippen molar-refractivity contribution < 1.29 is 14.3 Å². The fraction of sp³-hybridized carbons (Fsp3) is 0.308. The Bertz CT molecular complexity index is 1120. The van der Waals surface area contributed by atoms with Gasteiger partial charge in [0, 0.05) is 37.6 Å². The van der Waals surface area contributed by atoms with Crippen LogP contribution in [0.25, 0.3) is 11.1 Å². The van der Waals surface area contributed by atoms with Crippen molar-refractivity contribution in [3.63, 3.8) is 0 Å². The Hall–Kier alpha value is -3.74. The van der Waals surface area contributed by atoms with Crippen LogP contribution in [0.15, 0.2) is 67.1 Å². The Morgan fingerprint density at radius 1 is 1.12 bits per heavy atom. The quantitative estimate of drug-likeness (QED) is 0.604. The van der Waals surface area contributed by atoms with Crippen LogP contribution in [-0.2, 0) is 11.2 Å². The van der Waals surface area contributed by atoms with Gasteiger partial charge in [0.1, 0.15) is 11.4 Å². The number of hydrogen-bond donors (Lipinski definition) is 1. The second-order valence-corrected chi connectivity index (χ2v) is 8.28. The van der Waals surface area contributed by atoms with Crippen LogP contribution in [0.3, 0.4) is 0 Å². The molecular weight excluding hydrogens is 416 g/mol. The Balaban J connectivity index is 1.56. The number of nitrogens with zero attached hydrogens (tertiary/aromatic N) is 3. The molecular formula is C26H28N4O3. The number of rotatable bonds is 7. The van der Waals surface area contributed by atoms with Crippen molar-refractivity contribution >= 4 is 11.8 Å². The summed E-state index contributed by atoms with van der Waals surface area (Å²) in [6.07, 6.45) is 5.65. The smallest absolute Gasteiger partial charge is 0.274 e. The number of benzene rings is 2. The molecule has 0 aliphatic carbocycles. The lowest BCUT2D eigenvalue weighted by Gasteiger charge is -2.28. The minimum atomic E-state index is -0.681. The third kappa shape index (κ3) is 4.72. The lowest BCUT2D eigenvalue weighted by Crippen LogP contribution is -2.45. The third-order valence-corrected chi connectivity index (χ3v) is 6.16. The van der Waals surface area contributed by atoms with Crippen molar-refractivity contribution in [1.29, 1.82) is 0 Å². The highest BCUT2D eigenvalue weighted by atomic mass is 16.5. The fourth-order valence-electron chi connectivity index (χ4n) is 4.45. The molecule has 0 unspecified atom stereocenters. The summed E-state index contributed by atoms with van der Waals surface area (Å²) in [4.78, 5) is 35.9. The van der Waals surface area contributed by atoms with E-state index in [-0.39, 0.29) is 11.8 Å². The Morgan fingerprint density at radius 3 is 2.61 bits per heavy atom. The summed E-state index contributed by atoms with van der Waals surface area (Å²) in [5, 5.41) is 2.98. The highest BCUT2D eigenvalue weighted by Crippen LogP contribution is 2.36. The number of carbonyl (C=O) groups excluding carboxylic acids is 2. The van der Waals surface area contributed by atoms with Gasteiger partial charge in [0.05, 0.1) is 18.7 Å². The number of para-hydroxylation sites is 1. The van der Waals surface area contributed by atoms with Crippen LogP contribution < -0.4 is 10.1 Å². The zero-order chi connectivity index (χ0) is 23.3. The second kappa shape index (κ2) is 9.81. The van der Waals surface area contributed by atoms with E-state index in [1.165, 1.54) is 18.6 Å². The van der Waals surface area contributed by atoms with Crippen LogP contribution in [0.4, 0.5) is 0 Å². The minimum Gasteiger partial charge on any atom is -0.496 e. The van der Waals surface area contributed by atoms with E-state index in [2.05, 4.69) is 39.6 Å². The number of nitrogens with one attached hydrogen (secondary N) is 1. The highest BCUT2D eigenvalue weighted by molar-refractivity contribution is 5.93. The summed E-state index contributed by atoms with van der Waals surface area (Å²) in [5.41, 5.74) is 2.74. The second-order valence-electron chi connectivity index (χ2n) is 8.28. The minimum absolute atomic E-state index is 0.0201. The molecule has 1 saturated heterocycles. The molecule has 2 aromatic carbocycles. The van der Waals surface area contributed by atoms with Crippen LogP contribution in [0.2, 0.25) is 0 Å². The van der Waals surface area contributed by atoms with Crippen molar-refractivity contribution in [2.75, 3.05) is 26.7 Å². The zero-order valence-electron chi connectivity index (χ0n) is 19.0. The largest absolute Gasteiger partial charge is 0.496 e. The van der Waals surface area contributed by atoms with E-state index in [0.717, 1.165) is 22.4 Å². The number of amides is 2. The summed E-state index contributed by atoms with van der Waals surface area (Å²) in [7, 11) is 1.66. The zero-order valence-corrected chi connectivity index (χ0v) is 19.0. The molecule has 7 heteroatoms. The molecule has 0 bridgehead atoms. The number of likely N-dealkylation sites (tertiary alicyclic amines) is 1. The van der Waals surface area contributed by atoms with Crippen LogP contribution in [0.1, 0.15) is 29.4 Å². The van der Waals surface area contributed by atoms with E-state index in [4.69, 9.17) is 4.74 Å². The summed E-state index contributed by atoms with van der Waals surface area (Å²) in [6, 6.07) is 16.1. The van der Waals surface area contributed by atoms with Crippen molar-refractivity contribution in [2.24, 2.45) is 5.41 Å². The molecule has 2 heterocycles. The summed E-state index contributed by atoms with van der Waals surface area (Å²) in [5.74, 6) is 0.604. The van der Waals surface area contributed by atoms with E-state index in [9.17, 15) is 9.59 Å². The predicted octanol–water partition coefficient (Wildman–Crippen LogP) is 3.36. The van der Waals surface area contributed by atoms with E-state index >= 15 is 0 Å². The highest BCUT2D eigenvalue weighted by Gasteiger charge is 2.46. The van der Waals surface area contributed by atoms with Crippen LogP contribution in [0, 0.1) is 5.41 Å². The first-order valence-electron chi connectivity index (χ1n) is 11.1. The van der Waals surface area contributed by atoms with E-state index in [0.29, 0.717) is 38.2 Å². The van der Waals surface area contributed by atoms with Gasteiger partial charge in [-0.2, -0.15) is 0 Å². The molecule has 2 amide bonds. The molecule has 0 radical (unpaired) electrons. The monoisotopic (exact) mass is 444 g/mol. The van der Waals surface area contributed by atoms with Gasteiger partial charge in [-0.3, -0.25) is 14.6 Å². The third-order valence-electron chi connectivity index (χ3n) is 6.16. The molecule has 7 nitrogen and oxygen atoms in total. The van der Waals surface area contributed by atoms with Crippen LogP contribution in [0.5, 0.6) is 5.75 Å². The van der Waals surface area contributed by atoms with Crippen molar-refractivity contribution in [2.45, 2.75) is 19.8 Å². The van der Waals surface area contributed by atoms with E-state index in [1.54, 1.807) is 12.0 Å². The number of aromatic nitrogens is 2. The van der Waals surface area contributed by atoms with E-state index < -0.39 is 5.41 Å². The van der Waals surface area contributed by atoms with Gasteiger partial charge in [-0.05, 0) is 37.0 Å². The van der Waals surface area contributed by atoms with Gasteiger partial charge in [-0.1, -0.05) is 42.5 Å². The molecule has 1 N–H and O–H groups in total. The van der Waals surface area contributed by atoms with Gasteiger partial charge in [-0.25, -0.2) is 4.98 Å². The topological polar surface area (TPSA) is 84.4 Å². The molecule has 3 aromatic rings. The van der Waals surface area contributed by atoms with Gasteiger partial charge in [0.2, 0.25) is 5.91 Å². The van der Waals surface area contributed by atoms with Crippen molar-refractivity contribution in [1.82, 2.24) is 20.2 Å². The molecule has 0 saturated carbocycles. The molecule has 1 atom stereocenters. The maximum Gasteiger partial charge on any atom is 0.274 e. The first-order chi connectivity index (χ1) is 16.1. The average molecular weight is 445 g/mol. The Morgan fingerprint density at radius 2 is 1.91 bits per heavy atom. The first kappa shape index (κ1) is 22.5. The molecule has 1 aromatic heterocycles. The SMILES string of the molecule is CCNC(=O)[C@]1(Cc2ccc(-c3ccccc3OC)cc2)CCN(C(=O)c2cnccn2)C1. The van der Waals surface area contributed by atoms with Crippen molar-refractivity contribution in [3.05, 3.63) is 78.4 Å². The number of hydrogen-bond acceptors (Lipinski definition) is 5. The fourth-order valence-corrected chi connectivity index (χ4v) is 4.45. The van der Waals surface area contributed by atoms with Gasteiger partial charge in [0.15, 0.2) is 0 Å². The van der Waals surface area contributed by atoms with Crippen molar-refractivity contribution in [3.8, 4) is 16.9 Å². The van der Waals surface area contributed by atoms with Gasteiger partial charge in [-0.15, -0.1) is 0 Å². The van der Waals surface area contributed by atoms with Crippen LogP contribution in [-0.4, -0.2) is 53.4 Å². The molecule has 1 aliphatic heterocycles. The molecule has 1 fully saturated rings. The summed E-state index contributed by atoms with van der Waals surface area (Å²) < 4.78 is 5.48. The van der Waals surface area contributed by atoms with Crippen LogP contribution >= 0.6 is 0 Å². The normalized spacial score (nSPS) is 17.6. The average Bonchev–Trinajstić information content (AvgIpc) is 3.30. The Labute approximate surface area is 193 Å². The summed E-state index contributed by atoms with van der Waals surface area (Å²) in [6.45, 7) is 3.31. The van der Waals surface area contributed by atoms with Gasteiger partial charge in [0.25, 0.3) is 5.91 Å². The predicted molar refractivity (Wildman–Crippen MR) is 126 cm³/mol. The maximum atomic E-state index is 13.2. The molecule has 33 heavy (non-hydrogen) atoms. The Kier molecular flexibility index (Phi) is 6.68. The molecule has 4 rings (SSSR count). The molecule has 170 valence electrons. The number of methoxy groups -OCH3 is 1. The first-order valence-corrected chi connectivity index (χ1v) is 11.1. The van der Waals surface area contributed by atoms with E-state index in [1.807, 2.05) is 31.2 Å². The van der Waals surface area contributed by atoms with Gasteiger partial charge >= 0.3 is 0 Å². The number of ether oxygens (including phenoxy) is 1. The lowest BCUT2D eigenvalue weighted by molar-refractivity contribution is -0.130. The lowest BCUT2D eigenvalue weighted by atomic mass is 9.79. The standard InChI is InChI=1S/C26H28N4O3/c1-3-28-25(32)26(12-15-30(18-26)24(31)22-17-27-13-14-29-22)16-19-8-10-20(11-9-19)21-6-4-5-7-23(21)33-2/h4-11,13-14,17H,3,12,15-16,18H2,1-2H3,(H,28,32)/t26-/m0/s1. The molecule has 1 aliphatic rings. The van der Waals surface area contributed by atoms with Gasteiger partial charge < -0.3 is 15.0 Å². The maximum absolute atomic E-state index is 13.2. The summed E-state index contributed by atoms with van der Waals surface area (Å²) >= 11 is 0. The number of carbonyl (C=O) groups is 2.